The molecular formula is C26H17OP. The van der Waals surface area contributed by atoms with Crippen LogP contribution >= 0.6 is 8.46 Å². The average molecular weight is 376 g/mol. The molecule has 0 radical (unpaired) electrons. The van der Waals surface area contributed by atoms with Crippen LogP contribution in [0.2, 0.25) is 0 Å². The molecule has 1 nitrogen and oxygen atoms in total. The Morgan fingerprint density at radius 2 is 1.14 bits per heavy atom. The molecule has 0 saturated carbocycles. The Morgan fingerprint density at radius 3 is 1.86 bits per heavy atom. The minimum Gasteiger partial charge on any atom is -0.269 e. The zero-order valence-electron chi connectivity index (χ0n) is 15.2. The highest BCUT2D eigenvalue weighted by Crippen LogP contribution is 2.32. The van der Waals surface area contributed by atoms with E-state index in [0.717, 1.165) is 27.2 Å². The Hall–Kier alpha value is -3.28. The van der Waals surface area contributed by atoms with Gasteiger partial charge in [0.15, 0.2) is 8.46 Å². The van der Waals surface area contributed by atoms with Crippen LogP contribution in [0.1, 0.15) is 0 Å². The topological polar surface area (TPSA) is 17.1 Å². The van der Waals surface area contributed by atoms with Gasteiger partial charge in [-0.05, 0) is 49.9 Å². The van der Waals surface area contributed by atoms with Crippen LogP contribution in [-0.4, -0.2) is 0 Å². The summed E-state index contributed by atoms with van der Waals surface area (Å²) in [6, 6.07) is 35.6. The Bertz CT molecular complexity index is 1310. The van der Waals surface area contributed by atoms with E-state index in [-0.39, 0.29) is 8.46 Å². The van der Waals surface area contributed by atoms with Gasteiger partial charge in [0.05, 0.1) is 5.30 Å². The average Bonchev–Trinajstić information content (AvgIpc) is 2.78. The summed E-state index contributed by atoms with van der Waals surface area (Å²) < 4.78 is 12.1. The van der Waals surface area contributed by atoms with Crippen LogP contribution in [0.5, 0.6) is 0 Å². The second-order valence-corrected chi connectivity index (χ2v) is 7.51. The molecule has 0 aliphatic carbocycles. The molecule has 0 N–H and O–H groups in total. The molecule has 132 valence electrons. The summed E-state index contributed by atoms with van der Waals surface area (Å²) in [6.07, 6.45) is 0. The first kappa shape index (κ1) is 16.9. The summed E-state index contributed by atoms with van der Waals surface area (Å²) in [7, 11) is 0.0414. The van der Waals surface area contributed by atoms with Crippen LogP contribution in [0.3, 0.4) is 0 Å². The van der Waals surface area contributed by atoms with E-state index in [1.807, 2.05) is 24.3 Å². The van der Waals surface area contributed by atoms with Crippen LogP contribution in [0.4, 0.5) is 0 Å². The minimum atomic E-state index is 0.0414. The molecule has 28 heavy (non-hydrogen) atoms. The van der Waals surface area contributed by atoms with Crippen LogP contribution < -0.4 is 5.30 Å². The van der Waals surface area contributed by atoms with Gasteiger partial charge in [-0.2, -0.15) is 0 Å². The number of rotatable bonds is 3. The van der Waals surface area contributed by atoms with Crippen molar-refractivity contribution in [3.63, 3.8) is 0 Å². The van der Waals surface area contributed by atoms with Gasteiger partial charge in [0, 0.05) is 0 Å². The molecule has 0 aromatic heterocycles. The predicted octanol–water partition coefficient (Wildman–Crippen LogP) is 7.24. The van der Waals surface area contributed by atoms with Gasteiger partial charge in [0.1, 0.15) is 0 Å². The summed E-state index contributed by atoms with van der Waals surface area (Å²) in [6.45, 7) is 0. The van der Waals surface area contributed by atoms with E-state index in [2.05, 4.69) is 78.9 Å². The third-order valence-corrected chi connectivity index (χ3v) is 5.94. The first-order chi connectivity index (χ1) is 13.8. The molecule has 0 amide bonds. The molecule has 0 aliphatic rings. The zero-order chi connectivity index (χ0) is 18.9. The first-order valence-electron chi connectivity index (χ1n) is 9.29. The molecule has 5 aromatic rings. The van der Waals surface area contributed by atoms with E-state index in [0.29, 0.717) is 0 Å². The van der Waals surface area contributed by atoms with Gasteiger partial charge in [0.25, 0.3) is 0 Å². The minimum absolute atomic E-state index is 0.0414. The van der Waals surface area contributed by atoms with Gasteiger partial charge >= 0.3 is 0 Å². The third kappa shape index (κ3) is 2.81. The Labute approximate surface area is 165 Å². The van der Waals surface area contributed by atoms with Gasteiger partial charge in [-0.25, -0.2) is 0 Å². The van der Waals surface area contributed by atoms with E-state index in [9.17, 15) is 4.57 Å². The number of hydrogen-bond donors (Lipinski definition) is 0. The van der Waals surface area contributed by atoms with E-state index in [1.165, 1.54) is 21.9 Å². The van der Waals surface area contributed by atoms with Crippen LogP contribution in [-0.2, 0) is 4.57 Å². The monoisotopic (exact) mass is 376 g/mol. The highest BCUT2D eigenvalue weighted by atomic mass is 31.1. The summed E-state index contributed by atoms with van der Waals surface area (Å²) in [5.74, 6) is 0. The van der Waals surface area contributed by atoms with Gasteiger partial charge in [-0.1, -0.05) is 97.1 Å². The smallest absolute Gasteiger partial charge is 0.193 e. The maximum absolute atomic E-state index is 12.1. The third-order valence-electron chi connectivity index (χ3n) is 5.27. The SMILES string of the molecule is O=Pc1c(-c2ccccc2)ccc2c1ccc1cc(-c3ccccc3)ccc12. The lowest BCUT2D eigenvalue weighted by atomic mass is 9.95. The Morgan fingerprint density at radius 1 is 0.500 bits per heavy atom. The molecule has 0 aliphatic heterocycles. The summed E-state index contributed by atoms with van der Waals surface area (Å²) in [4.78, 5) is 0. The molecule has 0 fully saturated rings. The van der Waals surface area contributed by atoms with Crippen molar-refractivity contribution in [2.75, 3.05) is 0 Å². The van der Waals surface area contributed by atoms with Crippen molar-refractivity contribution < 1.29 is 4.57 Å². The molecule has 0 heterocycles. The van der Waals surface area contributed by atoms with Crippen molar-refractivity contribution in [3.8, 4) is 22.3 Å². The quantitative estimate of drug-likeness (QED) is 0.239. The van der Waals surface area contributed by atoms with Gasteiger partial charge in [-0.3, -0.25) is 4.57 Å². The molecular weight excluding hydrogens is 359 g/mol. The maximum atomic E-state index is 12.1. The molecule has 0 saturated heterocycles. The summed E-state index contributed by atoms with van der Waals surface area (Å²) >= 11 is 0. The van der Waals surface area contributed by atoms with Crippen molar-refractivity contribution in [3.05, 3.63) is 103 Å². The second-order valence-electron chi connectivity index (χ2n) is 6.88. The number of benzene rings is 5. The molecule has 5 rings (SSSR count). The highest BCUT2D eigenvalue weighted by Gasteiger charge is 2.12. The maximum Gasteiger partial charge on any atom is 0.193 e. The molecule has 2 heteroatoms. The Balaban J connectivity index is 1.74. The Kier molecular flexibility index (Phi) is 4.24. The molecule has 0 spiro atoms. The zero-order valence-corrected chi connectivity index (χ0v) is 16.1. The molecule has 0 atom stereocenters. The second kappa shape index (κ2) is 7.03. The largest absolute Gasteiger partial charge is 0.269 e. The van der Waals surface area contributed by atoms with Crippen LogP contribution in [0.15, 0.2) is 103 Å². The van der Waals surface area contributed by atoms with Crippen molar-refractivity contribution in [1.29, 1.82) is 0 Å². The van der Waals surface area contributed by atoms with Crippen molar-refractivity contribution in [2.45, 2.75) is 0 Å². The predicted molar refractivity (Wildman–Crippen MR) is 120 cm³/mol. The van der Waals surface area contributed by atoms with Crippen LogP contribution in [0.25, 0.3) is 43.8 Å². The van der Waals surface area contributed by atoms with Crippen molar-refractivity contribution in [1.82, 2.24) is 0 Å². The molecule has 0 unspecified atom stereocenters. The van der Waals surface area contributed by atoms with E-state index < -0.39 is 0 Å². The van der Waals surface area contributed by atoms with E-state index in [4.69, 9.17) is 0 Å². The lowest BCUT2D eigenvalue weighted by Gasteiger charge is -2.11. The summed E-state index contributed by atoms with van der Waals surface area (Å²) in [5.41, 5.74) is 4.52. The highest BCUT2D eigenvalue weighted by molar-refractivity contribution is 7.35. The molecule has 0 bridgehead atoms. The fourth-order valence-electron chi connectivity index (χ4n) is 3.89. The van der Waals surface area contributed by atoms with E-state index in [1.54, 1.807) is 0 Å². The molecule has 5 aromatic carbocycles. The fourth-order valence-corrected chi connectivity index (χ4v) is 4.49. The van der Waals surface area contributed by atoms with Crippen LogP contribution in [0, 0.1) is 0 Å². The number of fused-ring (bicyclic) bond motifs is 3. The fraction of sp³-hybridized carbons (Fsp3) is 0. The van der Waals surface area contributed by atoms with Gasteiger partial charge in [0.2, 0.25) is 0 Å². The lowest BCUT2D eigenvalue weighted by Crippen LogP contribution is -2.00. The standard InChI is InChI=1S/C26H17OP/c27-28-26-23(19-9-5-2-6-10-19)15-16-24-22-13-11-20(18-7-3-1-4-8-18)17-21(22)12-14-25(24)26/h1-17H. The normalized spacial score (nSPS) is 11.3. The first-order valence-corrected chi connectivity index (χ1v) is 10.1. The lowest BCUT2D eigenvalue weighted by molar-refractivity contribution is 0.603. The summed E-state index contributed by atoms with van der Waals surface area (Å²) in [5, 5.41) is 5.39. The van der Waals surface area contributed by atoms with Crippen molar-refractivity contribution >= 4 is 35.3 Å². The van der Waals surface area contributed by atoms with Gasteiger partial charge in [-0.15, -0.1) is 0 Å². The van der Waals surface area contributed by atoms with E-state index >= 15 is 0 Å². The number of hydrogen-bond acceptors (Lipinski definition) is 1. The van der Waals surface area contributed by atoms with Gasteiger partial charge < -0.3 is 0 Å². The van der Waals surface area contributed by atoms with Crippen molar-refractivity contribution in [2.24, 2.45) is 0 Å².